The Hall–Kier alpha value is -3.53. The number of benzene rings is 2. The molecular weight excluding hydrogens is 416 g/mol. The molecule has 30 heavy (non-hydrogen) atoms. The van der Waals surface area contributed by atoms with Gasteiger partial charge in [-0.15, -0.1) is 5.10 Å². The number of nitrogens with zero attached hydrogens (tertiary/aromatic N) is 2. The smallest absolute Gasteiger partial charge is 0.331 e. The van der Waals surface area contributed by atoms with Crippen molar-refractivity contribution in [2.24, 2.45) is 10.2 Å². The molecule has 1 aliphatic heterocycles. The van der Waals surface area contributed by atoms with E-state index in [1.54, 1.807) is 24.3 Å². The molecule has 0 unspecified atom stereocenters. The molecule has 0 aromatic heterocycles. The number of halogens is 2. The summed E-state index contributed by atoms with van der Waals surface area (Å²) in [6.45, 7) is 0.0985. The Bertz CT molecular complexity index is 1070. The molecule has 0 aliphatic carbocycles. The Balaban J connectivity index is 1.67. The van der Waals surface area contributed by atoms with Gasteiger partial charge in [-0.1, -0.05) is 24.3 Å². The molecule has 2 aromatic rings. The van der Waals surface area contributed by atoms with Gasteiger partial charge in [-0.3, -0.25) is 10.1 Å². The van der Waals surface area contributed by atoms with Crippen molar-refractivity contribution in [1.29, 1.82) is 0 Å². The van der Waals surface area contributed by atoms with Crippen LogP contribution in [0.15, 0.2) is 63.6 Å². The monoisotopic (exact) mass is 431 g/mol. The van der Waals surface area contributed by atoms with Crippen LogP contribution < -0.4 is 10.1 Å². The van der Waals surface area contributed by atoms with Crippen molar-refractivity contribution in [3.8, 4) is 5.75 Å². The highest BCUT2D eigenvalue weighted by molar-refractivity contribution is 8.18. The first kappa shape index (κ1) is 21.2. The second-order valence-electron chi connectivity index (χ2n) is 5.80. The van der Waals surface area contributed by atoms with Crippen LogP contribution in [-0.4, -0.2) is 30.4 Å². The van der Waals surface area contributed by atoms with E-state index < -0.39 is 23.5 Å². The molecule has 2 aromatic carbocycles. The summed E-state index contributed by atoms with van der Waals surface area (Å²) in [5.41, 5.74) is 1.42. The summed E-state index contributed by atoms with van der Waals surface area (Å²) >= 11 is 0.957. The van der Waals surface area contributed by atoms with Gasteiger partial charge in [0.25, 0.3) is 5.91 Å². The zero-order valence-corrected chi connectivity index (χ0v) is 16.4. The van der Waals surface area contributed by atoms with Gasteiger partial charge in [0.05, 0.1) is 18.2 Å². The van der Waals surface area contributed by atoms with Gasteiger partial charge >= 0.3 is 5.97 Å². The van der Waals surface area contributed by atoms with Crippen LogP contribution in [0, 0.1) is 11.6 Å². The number of carbonyl (C=O) groups is 2. The molecule has 10 heteroatoms. The minimum atomic E-state index is -0.991. The number of hydrogen-bond acceptors (Lipinski definition) is 7. The standard InChI is InChI=1S/C20H15F2N3O4S/c1-28-18(26)9-17-19(27)24-20(30-17)25-23-10-12-4-2-3-5-13(12)11-29-14-6-7-15(21)16(22)8-14/h2-10H,11H2,1H3,(H,24,25,27)/b17-9+,23-10?. The van der Waals surface area contributed by atoms with E-state index in [1.165, 1.54) is 19.4 Å². The fourth-order valence-corrected chi connectivity index (χ4v) is 3.04. The van der Waals surface area contributed by atoms with Crippen molar-refractivity contribution in [3.63, 3.8) is 0 Å². The van der Waals surface area contributed by atoms with E-state index in [9.17, 15) is 18.4 Å². The lowest BCUT2D eigenvalue weighted by molar-refractivity contribution is -0.135. The van der Waals surface area contributed by atoms with Crippen LogP contribution in [-0.2, 0) is 20.9 Å². The predicted octanol–water partition coefficient (Wildman–Crippen LogP) is 3.15. The van der Waals surface area contributed by atoms with Crippen molar-refractivity contribution >= 4 is 35.0 Å². The van der Waals surface area contributed by atoms with E-state index in [0.717, 1.165) is 35.5 Å². The van der Waals surface area contributed by atoms with Gasteiger partial charge in [-0.05, 0) is 29.5 Å². The molecule has 1 N–H and O–H groups in total. The Morgan fingerprint density at radius 1 is 1.20 bits per heavy atom. The Morgan fingerprint density at radius 3 is 2.77 bits per heavy atom. The molecule has 3 rings (SSSR count). The zero-order chi connectivity index (χ0) is 21.5. The number of amidine groups is 1. The van der Waals surface area contributed by atoms with E-state index >= 15 is 0 Å². The first-order valence-electron chi connectivity index (χ1n) is 8.52. The third-order valence-corrected chi connectivity index (χ3v) is 4.69. The van der Waals surface area contributed by atoms with E-state index in [2.05, 4.69) is 20.3 Å². The molecule has 1 heterocycles. The van der Waals surface area contributed by atoms with E-state index in [-0.39, 0.29) is 22.4 Å². The van der Waals surface area contributed by atoms with Crippen LogP contribution >= 0.6 is 11.8 Å². The average Bonchev–Trinajstić information content (AvgIpc) is 3.08. The minimum absolute atomic E-state index is 0.0985. The summed E-state index contributed by atoms with van der Waals surface area (Å²) in [7, 11) is 1.21. The second-order valence-corrected chi connectivity index (χ2v) is 6.83. The van der Waals surface area contributed by atoms with E-state index in [0.29, 0.717) is 5.56 Å². The van der Waals surface area contributed by atoms with Gasteiger partial charge in [0.1, 0.15) is 12.4 Å². The maximum absolute atomic E-state index is 13.3. The normalized spacial score (nSPS) is 16.3. The van der Waals surface area contributed by atoms with Crippen LogP contribution in [0.4, 0.5) is 8.78 Å². The van der Waals surface area contributed by atoms with Gasteiger partial charge in [-0.2, -0.15) is 5.10 Å². The lowest BCUT2D eigenvalue weighted by Crippen LogP contribution is -2.19. The summed E-state index contributed by atoms with van der Waals surface area (Å²) in [5, 5.41) is 10.6. The highest BCUT2D eigenvalue weighted by atomic mass is 32.2. The summed E-state index contributed by atoms with van der Waals surface area (Å²) in [4.78, 5) is 23.2. The largest absolute Gasteiger partial charge is 0.489 e. The predicted molar refractivity (Wildman–Crippen MR) is 108 cm³/mol. The summed E-state index contributed by atoms with van der Waals surface area (Å²) in [6.07, 6.45) is 2.53. The maximum atomic E-state index is 13.3. The molecule has 1 saturated heterocycles. The number of hydrogen-bond donors (Lipinski definition) is 1. The maximum Gasteiger partial charge on any atom is 0.331 e. The quantitative estimate of drug-likeness (QED) is 0.329. The fourth-order valence-electron chi connectivity index (χ4n) is 2.30. The van der Waals surface area contributed by atoms with Crippen molar-refractivity contribution in [2.45, 2.75) is 6.61 Å². The van der Waals surface area contributed by atoms with Gasteiger partial charge in [0, 0.05) is 17.7 Å². The molecule has 1 amide bonds. The number of esters is 1. The van der Waals surface area contributed by atoms with Gasteiger partial charge in [0.2, 0.25) is 0 Å². The summed E-state index contributed by atoms with van der Waals surface area (Å²) < 4.78 is 36.3. The molecule has 1 aliphatic rings. The highest BCUT2D eigenvalue weighted by Gasteiger charge is 2.25. The Kier molecular flexibility index (Phi) is 6.91. The number of methoxy groups -OCH3 is 1. The van der Waals surface area contributed by atoms with Crippen molar-refractivity contribution in [2.75, 3.05) is 7.11 Å². The molecule has 0 radical (unpaired) electrons. The average molecular weight is 431 g/mol. The number of ether oxygens (including phenoxy) is 2. The van der Waals surface area contributed by atoms with Crippen LogP contribution in [0.2, 0.25) is 0 Å². The van der Waals surface area contributed by atoms with Crippen molar-refractivity contribution in [1.82, 2.24) is 5.32 Å². The Morgan fingerprint density at radius 2 is 2.00 bits per heavy atom. The van der Waals surface area contributed by atoms with Crippen molar-refractivity contribution < 1.29 is 27.8 Å². The molecule has 154 valence electrons. The van der Waals surface area contributed by atoms with Crippen LogP contribution in [0.1, 0.15) is 11.1 Å². The minimum Gasteiger partial charge on any atom is -0.489 e. The van der Waals surface area contributed by atoms with E-state index in [4.69, 9.17) is 4.74 Å². The second kappa shape index (κ2) is 9.79. The molecule has 0 spiro atoms. The van der Waals surface area contributed by atoms with E-state index in [1.807, 2.05) is 0 Å². The third-order valence-electron chi connectivity index (χ3n) is 3.79. The van der Waals surface area contributed by atoms with Gasteiger partial charge < -0.3 is 9.47 Å². The van der Waals surface area contributed by atoms with Gasteiger partial charge in [-0.25, -0.2) is 13.6 Å². The van der Waals surface area contributed by atoms with Crippen LogP contribution in [0.3, 0.4) is 0 Å². The lowest BCUT2D eigenvalue weighted by atomic mass is 10.1. The van der Waals surface area contributed by atoms with Crippen molar-refractivity contribution in [3.05, 3.63) is 76.2 Å². The fraction of sp³-hybridized carbons (Fsp3) is 0.100. The van der Waals surface area contributed by atoms with Crippen LogP contribution in [0.5, 0.6) is 5.75 Å². The molecule has 7 nitrogen and oxygen atoms in total. The molecule has 0 saturated carbocycles. The SMILES string of the molecule is COC(=O)/C=C1/S/C(=N\N=Cc2ccccc2COc2ccc(F)c(F)c2)NC1=O. The topological polar surface area (TPSA) is 89.3 Å². The number of carbonyl (C=O) groups excluding carboxylic acids is 2. The molecule has 0 atom stereocenters. The number of thioether (sulfide) groups is 1. The summed E-state index contributed by atoms with van der Waals surface area (Å²) in [5.74, 6) is -2.87. The lowest BCUT2D eigenvalue weighted by Gasteiger charge is -2.08. The highest BCUT2D eigenvalue weighted by Crippen LogP contribution is 2.23. The number of amides is 1. The van der Waals surface area contributed by atoms with Gasteiger partial charge in [0.15, 0.2) is 16.8 Å². The molecule has 1 fully saturated rings. The number of nitrogens with one attached hydrogen (secondary N) is 1. The Labute approximate surface area is 174 Å². The molecular formula is C20H15F2N3O4S. The number of rotatable bonds is 6. The molecule has 0 bridgehead atoms. The third kappa shape index (κ3) is 5.51. The zero-order valence-electron chi connectivity index (χ0n) is 15.6. The van der Waals surface area contributed by atoms with Crippen LogP contribution in [0.25, 0.3) is 0 Å². The first-order valence-corrected chi connectivity index (χ1v) is 9.33. The first-order chi connectivity index (χ1) is 14.5. The summed E-state index contributed by atoms with van der Waals surface area (Å²) in [6, 6.07) is 10.4.